The molecule has 2 atom stereocenters. The van der Waals surface area contributed by atoms with E-state index in [1.165, 1.54) is 33.2 Å². The highest BCUT2D eigenvalue weighted by Crippen LogP contribution is 2.31. The summed E-state index contributed by atoms with van der Waals surface area (Å²) < 4.78 is 1.39. The summed E-state index contributed by atoms with van der Waals surface area (Å²) in [5, 5.41) is 81.8. The van der Waals surface area contributed by atoms with Gasteiger partial charge >= 0.3 is 17.9 Å². The predicted molar refractivity (Wildman–Crippen MR) is 311 cm³/mol. The number of carbonyl (C=O) groups excluding carboxylic acids is 5. The summed E-state index contributed by atoms with van der Waals surface area (Å²) in [4.78, 5) is 110. The minimum atomic E-state index is -1.04. The molecule has 2 unspecified atom stereocenters. The van der Waals surface area contributed by atoms with Crippen molar-refractivity contribution in [3.05, 3.63) is 58.9 Å². The monoisotopic (exact) mass is 1180 g/mol. The number of anilines is 2. The van der Waals surface area contributed by atoms with Crippen molar-refractivity contribution in [2.45, 2.75) is 58.8 Å². The Morgan fingerprint density at radius 1 is 0.536 bits per heavy atom. The number of para-hydroxylation sites is 4. The molecule has 0 radical (unpaired) electrons. The van der Waals surface area contributed by atoms with Gasteiger partial charge < -0.3 is 35.5 Å². The lowest BCUT2D eigenvalue weighted by atomic mass is 10.2. The van der Waals surface area contributed by atoms with Crippen molar-refractivity contribution >= 4 is 82.3 Å². The molecule has 2 aromatic carbocycles. The molecular weight excluding hydrogens is 1100 g/mol. The summed E-state index contributed by atoms with van der Waals surface area (Å²) >= 11 is 0. The summed E-state index contributed by atoms with van der Waals surface area (Å²) in [6, 6.07) is 13.4. The van der Waals surface area contributed by atoms with Gasteiger partial charge in [-0.05, 0) is 72.9 Å². The third-order valence-electron chi connectivity index (χ3n) is 13.9. The van der Waals surface area contributed by atoms with Gasteiger partial charge in [-0.1, -0.05) is 24.3 Å². The number of rotatable bonds is 31. The van der Waals surface area contributed by atoms with Crippen LogP contribution < -0.4 is 20.8 Å². The summed E-state index contributed by atoms with van der Waals surface area (Å²) in [5.41, 5.74) is 1.41. The maximum Gasteiger partial charge on any atom is 0.317 e. The van der Waals surface area contributed by atoms with Crippen LogP contribution >= 0.6 is 0 Å². The minimum absolute atomic E-state index is 0.0195. The normalized spacial score (nSPS) is 17.2. The molecular formula is C55H86N14O15. The highest BCUT2D eigenvalue weighted by Gasteiger charge is 2.31. The van der Waals surface area contributed by atoms with E-state index in [0.29, 0.717) is 106 Å². The smallest absolute Gasteiger partial charge is 0.317 e. The number of likely N-dealkylation sites (N-methyl/N-ethyl adjacent to an activating group) is 2. The zero-order valence-corrected chi connectivity index (χ0v) is 49.0. The van der Waals surface area contributed by atoms with Crippen molar-refractivity contribution in [3.63, 3.8) is 0 Å². The highest BCUT2D eigenvalue weighted by atomic mass is 16.5. The highest BCUT2D eigenvalue weighted by molar-refractivity contribution is 5.80. The van der Waals surface area contributed by atoms with Crippen LogP contribution in [0.1, 0.15) is 46.5 Å². The topological polar surface area (TPSA) is 346 Å². The number of nitrogens with zero attached hydrogens (tertiary/aromatic N) is 12. The lowest BCUT2D eigenvalue weighted by molar-refractivity contribution is -0.359. The largest absolute Gasteiger partial charge is 0.618 e. The number of carbonyl (C=O) groups is 8. The van der Waals surface area contributed by atoms with Crippen LogP contribution in [0, 0.1) is 10.4 Å². The Morgan fingerprint density at radius 3 is 1.32 bits per heavy atom. The molecule has 5 rings (SSSR count). The molecule has 0 aliphatic carbocycles. The number of amides is 2. The number of nitrogens with one attached hydrogen (secondary N) is 2. The van der Waals surface area contributed by atoms with Gasteiger partial charge in [0.25, 0.3) is 0 Å². The van der Waals surface area contributed by atoms with E-state index < -0.39 is 30.2 Å². The second-order valence-electron chi connectivity index (χ2n) is 21.3. The number of hydrogen-bond acceptors (Lipinski definition) is 22. The quantitative estimate of drug-likeness (QED) is 0.0281. The molecule has 466 valence electrons. The Hall–Kier alpha value is -7.06. The van der Waals surface area contributed by atoms with E-state index in [1.807, 2.05) is 28.8 Å². The summed E-state index contributed by atoms with van der Waals surface area (Å²) in [5.74, 6) is -3.25. The number of carboxylic acids is 3. The van der Waals surface area contributed by atoms with Crippen LogP contribution in [0.2, 0.25) is 0 Å². The van der Waals surface area contributed by atoms with E-state index in [9.17, 15) is 74.5 Å². The first-order valence-corrected chi connectivity index (χ1v) is 28.1. The van der Waals surface area contributed by atoms with Gasteiger partial charge in [0, 0.05) is 117 Å². The third-order valence-corrected chi connectivity index (χ3v) is 13.9. The van der Waals surface area contributed by atoms with Crippen molar-refractivity contribution in [2.75, 3.05) is 168 Å². The Bertz CT molecular complexity index is 2540. The van der Waals surface area contributed by atoms with Gasteiger partial charge in [-0.15, -0.1) is 0 Å². The molecule has 0 spiro atoms. The molecule has 29 heteroatoms. The van der Waals surface area contributed by atoms with Gasteiger partial charge in [0.2, 0.25) is 23.2 Å². The number of fused-ring (bicyclic) bond motifs is 2. The second kappa shape index (κ2) is 35.9. The fourth-order valence-electron chi connectivity index (χ4n) is 9.67. The number of carboxylic acid groups (broad SMARTS) is 3. The van der Waals surface area contributed by atoms with Crippen LogP contribution in [0.25, 0.3) is 0 Å². The van der Waals surface area contributed by atoms with E-state index in [-0.39, 0.29) is 121 Å². The van der Waals surface area contributed by atoms with E-state index in [4.69, 9.17) is 0 Å². The lowest BCUT2D eigenvalue weighted by Crippen LogP contribution is -2.50. The number of aliphatic carboxylic acids is 3. The average molecular weight is 1180 g/mol. The first kappa shape index (κ1) is 69.4. The Labute approximate surface area is 490 Å². The molecule has 0 bridgehead atoms. The standard InChI is InChI=1S/C29H47N7O6.C26H39N7O9/c1-23(37)19-31(4)13-15-33(21-25(3)39)16-18-34(17-14-32(5)20-24(2)38)29(40)11-8-12-30-28-22-35(41)26-9-6-7-10-27(26)36(28)42;34-23(6-3-7-27-22-16-32(41)20-4-1-2-5-21(20)33(22)42)31-14-12-29(18-25(37)38)10-8-28(17-24(35)36)9-11-30(13-15-31)19-26(39)40/h6-7,9-10,22,28,30,42H,8,11-21H2,1-5H3;1-2,4-5,16,22,27,42H,3,6-15,17-19H2,(H,35,36)(H,37,38)(H,39,40). The fraction of sp³-hybridized carbons (Fsp3) is 0.600. The molecule has 2 amide bonds. The maximum atomic E-state index is 13.3. The van der Waals surface area contributed by atoms with E-state index >= 15 is 0 Å². The van der Waals surface area contributed by atoms with Gasteiger partial charge in [-0.2, -0.15) is 9.48 Å². The molecule has 0 aromatic heterocycles. The van der Waals surface area contributed by atoms with Crippen LogP contribution in [-0.2, 0) is 38.4 Å². The zero-order chi connectivity index (χ0) is 61.9. The van der Waals surface area contributed by atoms with Crippen molar-refractivity contribution in [1.29, 1.82) is 0 Å². The molecule has 29 nitrogen and oxygen atoms in total. The minimum Gasteiger partial charge on any atom is -0.618 e. The van der Waals surface area contributed by atoms with E-state index in [1.54, 1.807) is 73.0 Å². The first-order valence-electron chi connectivity index (χ1n) is 28.1. The molecule has 1 fully saturated rings. The summed E-state index contributed by atoms with van der Waals surface area (Å²) in [6.07, 6.45) is 2.33. The van der Waals surface area contributed by atoms with Gasteiger partial charge in [0.1, 0.15) is 28.7 Å². The number of benzene rings is 2. The third kappa shape index (κ3) is 25.0. The number of hydrogen-bond donors (Lipinski definition) is 7. The molecule has 3 aliphatic heterocycles. The van der Waals surface area contributed by atoms with Crippen molar-refractivity contribution < 1.29 is 73.6 Å². The number of Topliss-reactive ketones (excluding diaryl/α,β-unsaturated/α-hetero) is 3. The van der Waals surface area contributed by atoms with Crippen molar-refractivity contribution in [3.8, 4) is 0 Å². The molecule has 2 aromatic rings. The van der Waals surface area contributed by atoms with Crippen LogP contribution in [0.15, 0.2) is 48.5 Å². The van der Waals surface area contributed by atoms with Gasteiger partial charge in [-0.25, -0.2) is 10.1 Å². The molecule has 0 saturated carbocycles. The van der Waals surface area contributed by atoms with Crippen LogP contribution in [0.4, 0.5) is 22.7 Å². The van der Waals surface area contributed by atoms with Crippen LogP contribution in [0.5, 0.6) is 0 Å². The number of ketones is 3. The molecule has 3 aliphatic rings. The fourth-order valence-corrected chi connectivity index (χ4v) is 9.67. The van der Waals surface area contributed by atoms with E-state index in [2.05, 4.69) is 10.6 Å². The van der Waals surface area contributed by atoms with Crippen molar-refractivity contribution in [1.82, 2.24) is 49.8 Å². The van der Waals surface area contributed by atoms with Gasteiger partial charge in [0.05, 0.1) is 39.3 Å². The molecule has 7 N–H and O–H groups in total. The lowest BCUT2D eigenvalue weighted by Gasteiger charge is -2.33. The molecule has 3 heterocycles. The summed E-state index contributed by atoms with van der Waals surface area (Å²) in [6.45, 7) is 10.4. The summed E-state index contributed by atoms with van der Waals surface area (Å²) in [7, 11) is 3.69. The second-order valence-corrected chi connectivity index (χ2v) is 21.3. The van der Waals surface area contributed by atoms with Gasteiger partial charge in [0.15, 0.2) is 24.8 Å². The van der Waals surface area contributed by atoms with Crippen LogP contribution in [-0.4, -0.2) is 304 Å². The SMILES string of the molecule is CC(=O)CN(C)CCN(CCN(CCN(C)CC(C)=O)C(=O)CCCNC1C=[N+]([O-])c2ccccc2N1O)CC(C)=O.O=C(O)CN1CCN(CC(=O)O)CCN(C(=O)CCCNC2C=[N+]([O-])c3ccccc3N2O)CCN(CC(=O)O)CC1. The first-order chi connectivity index (χ1) is 39.9. The van der Waals surface area contributed by atoms with Gasteiger partial charge in [-0.3, -0.25) is 88.8 Å². The Morgan fingerprint density at radius 2 is 0.905 bits per heavy atom. The van der Waals surface area contributed by atoms with Crippen LogP contribution in [0.3, 0.4) is 0 Å². The Kier molecular flexibility index (Phi) is 29.7. The predicted octanol–water partition coefficient (Wildman–Crippen LogP) is -0.628. The molecule has 84 heavy (non-hydrogen) atoms. The Balaban J connectivity index is 0.000000360. The van der Waals surface area contributed by atoms with Crippen molar-refractivity contribution in [2.24, 2.45) is 0 Å². The van der Waals surface area contributed by atoms with E-state index in [0.717, 1.165) is 14.9 Å². The number of hydroxylamine groups is 2. The maximum absolute atomic E-state index is 13.3. The average Bonchev–Trinajstić information content (AvgIpc) is 2.27. The zero-order valence-electron chi connectivity index (χ0n) is 49.0. The molecule has 1 saturated heterocycles.